The summed E-state index contributed by atoms with van der Waals surface area (Å²) in [5.74, 6) is -0.383. The molecule has 2 aromatic rings. The van der Waals surface area contributed by atoms with Crippen LogP contribution >= 0.6 is 0 Å². The predicted molar refractivity (Wildman–Crippen MR) is 68.2 cm³/mol. The topological polar surface area (TPSA) is 29.5 Å². The van der Waals surface area contributed by atoms with E-state index in [1.165, 1.54) is 13.2 Å². The molecule has 0 radical (unpaired) electrons. The molecule has 1 unspecified atom stereocenters. The van der Waals surface area contributed by atoms with Crippen molar-refractivity contribution < 1.29 is 14.2 Å². The van der Waals surface area contributed by atoms with E-state index in [2.05, 4.69) is 0 Å². The fourth-order valence-corrected chi connectivity index (χ4v) is 1.82. The Hall–Kier alpha value is -1.87. The van der Waals surface area contributed by atoms with Crippen molar-refractivity contribution in [3.8, 4) is 5.75 Å². The number of aliphatic hydroxyl groups is 1. The van der Waals surface area contributed by atoms with Gasteiger partial charge in [0.15, 0.2) is 11.6 Å². The number of rotatable bonds is 3. The third-order valence-corrected chi connectivity index (χ3v) is 2.90. The molecule has 0 bridgehead atoms. The van der Waals surface area contributed by atoms with Crippen molar-refractivity contribution in [1.29, 1.82) is 0 Å². The van der Waals surface area contributed by atoms with Crippen molar-refractivity contribution in [2.45, 2.75) is 13.0 Å². The average Bonchev–Trinajstić information content (AvgIpc) is 2.39. The molecule has 1 atom stereocenters. The number of methoxy groups -OCH3 is 1. The summed E-state index contributed by atoms with van der Waals surface area (Å²) in [4.78, 5) is 0. The van der Waals surface area contributed by atoms with Crippen molar-refractivity contribution >= 4 is 0 Å². The number of halogens is 1. The molecular weight excluding hydrogens is 231 g/mol. The predicted octanol–water partition coefficient (Wildman–Crippen LogP) is 3.22. The first-order valence-electron chi connectivity index (χ1n) is 5.70. The molecule has 0 spiro atoms. The zero-order chi connectivity index (χ0) is 13.1. The molecule has 94 valence electrons. The summed E-state index contributed by atoms with van der Waals surface area (Å²) in [7, 11) is 1.40. The van der Waals surface area contributed by atoms with E-state index in [9.17, 15) is 9.50 Å². The zero-order valence-corrected chi connectivity index (χ0v) is 10.4. The molecule has 3 heteroatoms. The maximum absolute atomic E-state index is 14.0. The minimum absolute atomic E-state index is 0.138. The molecule has 0 fully saturated rings. The van der Waals surface area contributed by atoms with Crippen molar-refractivity contribution in [1.82, 2.24) is 0 Å². The second kappa shape index (κ2) is 5.19. The van der Waals surface area contributed by atoms with Gasteiger partial charge in [-0.1, -0.05) is 42.0 Å². The smallest absolute Gasteiger partial charge is 0.171 e. The molecule has 2 rings (SSSR count). The second-order valence-corrected chi connectivity index (χ2v) is 4.18. The number of benzene rings is 2. The van der Waals surface area contributed by atoms with E-state index in [-0.39, 0.29) is 11.3 Å². The van der Waals surface area contributed by atoms with Crippen LogP contribution in [-0.4, -0.2) is 12.2 Å². The van der Waals surface area contributed by atoms with Gasteiger partial charge in [-0.2, -0.15) is 0 Å². The number of hydrogen-bond donors (Lipinski definition) is 1. The fourth-order valence-electron chi connectivity index (χ4n) is 1.82. The average molecular weight is 246 g/mol. The highest BCUT2D eigenvalue weighted by Gasteiger charge is 2.17. The monoisotopic (exact) mass is 246 g/mol. The lowest BCUT2D eigenvalue weighted by Gasteiger charge is -2.14. The van der Waals surface area contributed by atoms with Crippen LogP contribution in [0, 0.1) is 12.7 Å². The summed E-state index contributed by atoms with van der Waals surface area (Å²) in [5, 5.41) is 10.2. The van der Waals surface area contributed by atoms with E-state index < -0.39 is 11.9 Å². The summed E-state index contributed by atoms with van der Waals surface area (Å²) in [6.45, 7) is 1.96. The highest BCUT2D eigenvalue weighted by molar-refractivity contribution is 5.37. The van der Waals surface area contributed by atoms with Crippen molar-refractivity contribution in [2.75, 3.05) is 7.11 Å². The van der Waals surface area contributed by atoms with Gasteiger partial charge in [-0.15, -0.1) is 0 Å². The first-order valence-corrected chi connectivity index (χ1v) is 5.70. The molecule has 0 aliphatic heterocycles. The maximum Gasteiger partial charge on any atom is 0.171 e. The van der Waals surface area contributed by atoms with Crippen LogP contribution in [0.4, 0.5) is 4.39 Å². The Balaban J connectivity index is 2.39. The number of hydrogen-bond acceptors (Lipinski definition) is 2. The minimum Gasteiger partial charge on any atom is -0.494 e. The van der Waals surface area contributed by atoms with Gasteiger partial charge in [-0.05, 0) is 18.6 Å². The molecule has 0 aromatic heterocycles. The van der Waals surface area contributed by atoms with Gasteiger partial charge in [0.05, 0.1) is 7.11 Å². The SMILES string of the molecule is COc1cccc(C(O)c2ccc(C)cc2)c1F. The molecular formula is C15H15FO2. The van der Waals surface area contributed by atoms with Crippen LogP contribution in [0.2, 0.25) is 0 Å². The summed E-state index contributed by atoms with van der Waals surface area (Å²) >= 11 is 0. The van der Waals surface area contributed by atoms with Crippen LogP contribution < -0.4 is 4.74 Å². The molecule has 0 saturated carbocycles. The molecule has 1 N–H and O–H groups in total. The van der Waals surface area contributed by atoms with E-state index in [0.717, 1.165) is 5.56 Å². The van der Waals surface area contributed by atoms with Gasteiger partial charge in [0.25, 0.3) is 0 Å². The van der Waals surface area contributed by atoms with Gasteiger partial charge in [0.2, 0.25) is 0 Å². The van der Waals surface area contributed by atoms with Crippen LogP contribution in [0.3, 0.4) is 0 Å². The third-order valence-electron chi connectivity index (χ3n) is 2.90. The number of aryl methyl sites for hydroxylation is 1. The van der Waals surface area contributed by atoms with E-state index in [1.54, 1.807) is 24.3 Å². The highest BCUT2D eigenvalue weighted by atomic mass is 19.1. The number of ether oxygens (including phenoxy) is 1. The highest BCUT2D eigenvalue weighted by Crippen LogP contribution is 2.29. The maximum atomic E-state index is 14.0. The Morgan fingerprint density at radius 2 is 1.78 bits per heavy atom. The first kappa shape index (κ1) is 12.6. The van der Waals surface area contributed by atoms with Crippen LogP contribution in [-0.2, 0) is 0 Å². The molecule has 0 aliphatic carbocycles. The quantitative estimate of drug-likeness (QED) is 0.901. The molecule has 2 aromatic carbocycles. The van der Waals surface area contributed by atoms with Gasteiger partial charge in [0.1, 0.15) is 6.10 Å². The van der Waals surface area contributed by atoms with Crippen LogP contribution in [0.1, 0.15) is 22.8 Å². The minimum atomic E-state index is -0.985. The van der Waals surface area contributed by atoms with E-state index in [0.29, 0.717) is 5.56 Å². The van der Waals surface area contributed by atoms with Crippen molar-refractivity contribution in [3.63, 3.8) is 0 Å². The molecule has 0 amide bonds. The van der Waals surface area contributed by atoms with Gasteiger partial charge in [-0.3, -0.25) is 0 Å². The summed E-state index contributed by atoms with van der Waals surface area (Å²) in [6, 6.07) is 12.1. The Kier molecular flexibility index (Phi) is 3.63. The van der Waals surface area contributed by atoms with Crippen LogP contribution in [0.15, 0.2) is 42.5 Å². The third kappa shape index (κ3) is 2.36. The Bertz CT molecular complexity index is 535. The van der Waals surface area contributed by atoms with Crippen molar-refractivity contribution in [2.24, 2.45) is 0 Å². The lowest BCUT2D eigenvalue weighted by atomic mass is 10.00. The van der Waals surface area contributed by atoms with Gasteiger partial charge in [0, 0.05) is 5.56 Å². The standard InChI is InChI=1S/C15H15FO2/c1-10-6-8-11(9-7-10)15(17)12-4-3-5-13(18-2)14(12)16/h3-9,15,17H,1-2H3. The lowest BCUT2D eigenvalue weighted by molar-refractivity contribution is 0.213. The van der Waals surface area contributed by atoms with Gasteiger partial charge in [-0.25, -0.2) is 4.39 Å². The Morgan fingerprint density at radius 3 is 2.39 bits per heavy atom. The number of aliphatic hydroxyl groups excluding tert-OH is 1. The van der Waals surface area contributed by atoms with Crippen LogP contribution in [0.25, 0.3) is 0 Å². The molecule has 2 nitrogen and oxygen atoms in total. The van der Waals surface area contributed by atoms with Gasteiger partial charge >= 0.3 is 0 Å². The van der Waals surface area contributed by atoms with Crippen molar-refractivity contribution in [3.05, 3.63) is 65.0 Å². The molecule has 18 heavy (non-hydrogen) atoms. The summed E-state index contributed by atoms with van der Waals surface area (Å²) in [6.07, 6.45) is -0.985. The Morgan fingerprint density at radius 1 is 1.11 bits per heavy atom. The largest absolute Gasteiger partial charge is 0.494 e. The molecule has 0 aliphatic rings. The normalized spacial score (nSPS) is 12.2. The van der Waals surface area contributed by atoms with Gasteiger partial charge < -0.3 is 9.84 Å². The fraction of sp³-hybridized carbons (Fsp3) is 0.200. The lowest BCUT2D eigenvalue weighted by Crippen LogP contribution is -2.04. The molecule has 0 heterocycles. The molecule has 0 saturated heterocycles. The second-order valence-electron chi connectivity index (χ2n) is 4.18. The van der Waals surface area contributed by atoms with E-state index in [1.807, 2.05) is 19.1 Å². The Labute approximate surface area is 106 Å². The van der Waals surface area contributed by atoms with Crippen LogP contribution in [0.5, 0.6) is 5.75 Å². The summed E-state index contributed by atoms with van der Waals surface area (Å²) in [5.41, 5.74) is 1.98. The van der Waals surface area contributed by atoms with E-state index in [4.69, 9.17) is 4.74 Å². The first-order chi connectivity index (χ1) is 8.63. The zero-order valence-electron chi connectivity index (χ0n) is 10.4. The summed E-state index contributed by atoms with van der Waals surface area (Å²) < 4.78 is 18.9. The van der Waals surface area contributed by atoms with E-state index >= 15 is 0 Å².